The Labute approximate surface area is 128 Å². The molecule has 1 atom stereocenters. The smallest absolute Gasteiger partial charge is 0.0227 e. The van der Waals surface area contributed by atoms with Crippen molar-refractivity contribution in [2.24, 2.45) is 5.73 Å². The molecule has 0 amide bonds. The maximum atomic E-state index is 5.68. The summed E-state index contributed by atoms with van der Waals surface area (Å²) in [5, 5.41) is 0. The minimum atomic E-state index is 0.514. The highest BCUT2D eigenvalue weighted by molar-refractivity contribution is 5.65. The second-order valence-corrected chi connectivity index (χ2v) is 6.04. The van der Waals surface area contributed by atoms with Gasteiger partial charge in [0, 0.05) is 6.54 Å². The van der Waals surface area contributed by atoms with Gasteiger partial charge < -0.3 is 10.6 Å². The van der Waals surface area contributed by atoms with E-state index in [0.717, 1.165) is 19.5 Å². The first kappa shape index (κ1) is 15.7. The Morgan fingerprint density at radius 3 is 2.33 bits per heavy atom. The van der Waals surface area contributed by atoms with Crippen LogP contribution in [0.5, 0.6) is 0 Å². The van der Waals surface area contributed by atoms with Crippen molar-refractivity contribution in [2.75, 3.05) is 20.6 Å². The third-order valence-corrected chi connectivity index (χ3v) is 3.81. The molecule has 0 aliphatic rings. The van der Waals surface area contributed by atoms with Gasteiger partial charge in [-0.3, -0.25) is 0 Å². The van der Waals surface area contributed by atoms with E-state index in [2.05, 4.69) is 74.4 Å². The number of hydrogen-bond acceptors (Lipinski definition) is 2. The van der Waals surface area contributed by atoms with Crippen LogP contribution in [0.1, 0.15) is 30.4 Å². The second kappa shape index (κ2) is 7.39. The summed E-state index contributed by atoms with van der Waals surface area (Å²) in [5.41, 5.74) is 11.0. The van der Waals surface area contributed by atoms with E-state index in [1.807, 2.05) is 0 Å². The molecule has 2 N–H and O–H groups in total. The van der Waals surface area contributed by atoms with E-state index in [0.29, 0.717) is 5.92 Å². The number of nitrogens with zero attached hydrogens (tertiary/aromatic N) is 1. The fourth-order valence-electron chi connectivity index (χ4n) is 2.66. The molecule has 0 heterocycles. The molecule has 2 rings (SSSR count). The predicted octanol–water partition coefficient (Wildman–Crippen LogP) is 3.87. The summed E-state index contributed by atoms with van der Waals surface area (Å²) >= 11 is 0. The van der Waals surface area contributed by atoms with Crippen molar-refractivity contribution in [1.29, 1.82) is 0 Å². The molecule has 0 aliphatic carbocycles. The Hall–Kier alpha value is -1.64. The average molecular weight is 282 g/mol. The Bertz CT molecular complexity index is 575. The van der Waals surface area contributed by atoms with Crippen molar-refractivity contribution in [1.82, 2.24) is 4.90 Å². The number of rotatable bonds is 6. The van der Waals surface area contributed by atoms with Gasteiger partial charge in [0.05, 0.1) is 0 Å². The summed E-state index contributed by atoms with van der Waals surface area (Å²) in [6, 6.07) is 17.6. The second-order valence-electron chi connectivity index (χ2n) is 6.04. The van der Waals surface area contributed by atoms with E-state index in [9.17, 15) is 0 Å². The molecule has 0 saturated carbocycles. The first-order valence-corrected chi connectivity index (χ1v) is 7.64. The summed E-state index contributed by atoms with van der Waals surface area (Å²) in [5.74, 6) is 0.514. The zero-order chi connectivity index (χ0) is 15.2. The van der Waals surface area contributed by atoms with Crippen molar-refractivity contribution in [2.45, 2.75) is 25.8 Å². The van der Waals surface area contributed by atoms with E-state index in [1.165, 1.54) is 22.3 Å². The van der Waals surface area contributed by atoms with Gasteiger partial charge in [0.1, 0.15) is 0 Å². The molecular weight excluding hydrogens is 256 g/mol. The van der Waals surface area contributed by atoms with Gasteiger partial charge in [-0.05, 0) is 61.3 Å². The summed E-state index contributed by atoms with van der Waals surface area (Å²) in [7, 11) is 4.20. The SMILES string of the molecule is CC(CCN)c1cccc(-c2cccc(CN(C)C)c2)c1. The molecule has 0 spiro atoms. The number of nitrogens with two attached hydrogens (primary N) is 1. The molecule has 0 aliphatic heterocycles. The third-order valence-electron chi connectivity index (χ3n) is 3.81. The van der Waals surface area contributed by atoms with Crippen LogP contribution in [-0.4, -0.2) is 25.5 Å². The van der Waals surface area contributed by atoms with E-state index in [1.54, 1.807) is 0 Å². The monoisotopic (exact) mass is 282 g/mol. The zero-order valence-corrected chi connectivity index (χ0v) is 13.3. The largest absolute Gasteiger partial charge is 0.330 e. The molecule has 0 radical (unpaired) electrons. The minimum Gasteiger partial charge on any atom is -0.330 e. The number of benzene rings is 2. The van der Waals surface area contributed by atoms with Gasteiger partial charge in [-0.25, -0.2) is 0 Å². The Morgan fingerprint density at radius 1 is 1.00 bits per heavy atom. The van der Waals surface area contributed by atoms with E-state index in [4.69, 9.17) is 5.73 Å². The van der Waals surface area contributed by atoms with Crippen LogP contribution in [0, 0.1) is 0 Å². The van der Waals surface area contributed by atoms with Crippen LogP contribution < -0.4 is 5.73 Å². The number of hydrogen-bond donors (Lipinski definition) is 1. The molecule has 0 saturated heterocycles. The van der Waals surface area contributed by atoms with Crippen molar-refractivity contribution >= 4 is 0 Å². The summed E-state index contributed by atoms with van der Waals surface area (Å²) in [6.45, 7) is 3.95. The van der Waals surface area contributed by atoms with Crippen LogP contribution in [0.3, 0.4) is 0 Å². The van der Waals surface area contributed by atoms with Crippen LogP contribution in [0.15, 0.2) is 48.5 Å². The lowest BCUT2D eigenvalue weighted by molar-refractivity contribution is 0.402. The molecule has 2 heteroatoms. The van der Waals surface area contributed by atoms with E-state index < -0.39 is 0 Å². The molecule has 2 aromatic carbocycles. The maximum absolute atomic E-state index is 5.68. The lowest BCUT2D eigenvalue weighted by atomic mass is 9.94. The minimum absolute atomic E-state index is 0.514. The quantitative estimate of drug-likeness (QED) is 0.871. The molecule has 1 unspecified atom stereocenters. The van der Waals surface area contributed by atoms with Gasteiger partial charge in [0.15, 0.2) is 0 Å². The van der Waals surface area contributed by atoms with Crippen molar-refractivity contribution < 1.29 is 0 Å². The third kappa shape index (κ3) is 4.42. The summed E-state index contributed by atoms with van der Waals surface area (Å²) < 4.78 is 0. The van der Waals surface area contributed by atoms with Gasteiger partial charge in [0.25, 0.3) is 0 Å². The Balaban J connectivity index is 2.27. The first-order valence-electron chi connectivity index (χ1n) is 7.64. The van der Waals surface area contributed by atoms with Gasteiger partial charge >= 0.3 is 0 Å². The predicted molar refractivity (Wildman–Crippen MR) is 91.4 cm³/mol. The van der Waals surface area contributed by atoms with E-state index in [-0.39, 0.29) is 0 Å². The van der Waals surface area contributed by atoms with Crippen LogP contribution >= 0.6 is 0 Å². The van der Waals surface area contributed by atoms with Crippen molar-refractivity contribution in [3.8, 4) is 11.1 Å². The Morgan fingerprint density at radius 2 is 1.67 bits per heavy atom. The van der Waals surface area contributed by atoms with Crippen LogP contribution in [0.25, 0.3) is 11.1 Å². The molecule has 0 fully saturated rings. The Kier molecular flexibility index (Phi) is 5.54. The molecule has 112 valence electrons. The zero-order valence-electron chi connectivity index (χ0n) is 13.3. The fourth-order valence-corrected chi connectivity index (χ4v) is 2.66. The molecule has 0 bridgehead atoms. The van der Waals surface area contributed by atoms with Gasteiger partial charge in [0.2, 0.25) is 0 Å². The first-order chi connectivity index (χ1) is 10.1. The normalized spacial score (nSPS) is 12.6. The lowest BCUT2D eigenvalue weighted by Crippen LogP contribution is -2.10. The molecule has 21 heavy (non-hydrogen) atoms. The molecular formula is C19H26N2. The highest BCUT2D eigenvalue weighted by Gasteiger charge is 2.06. The highest BCUT2D eigenvalue weighted by Crippen LogP contribution is 2.26. The van der Waals surface area contributed by atoms with Crippen molar-refractivity contribution in [3.05, 3.63) is 59.7 Å². The molecule has 2 aromatic rings. The summed E-state index contributed by atoms with van der Waals surface area (Å²) in [6.07, 6.45) is 1.03. The average Bonchev–Trinajstić information content (AvgIpc) is 2.47. The maximum Gasteiger partial charge on any atom is 0.0227 e. The lowest BCUT2D eigenvalue weighted by Gasteiger charge is -2.14. The molecule has 2 nitrogen and oxygen atoms in total. The van der Waals surface area contributed by atoms with Crippen LogP contribution in [-0.2, 0) is 6.54 Å². The van der Waals surface area contributed by atoms with Crippen LogP contribution in [0.4, 0.5) is 0 Å². The van der Waals surface area contributed by atoms with Gasteiger partial charge in [-0.2, -0.15) is 0 Å². The standard InChI is InChI=1S/C19H26N2/c1-15(10-11-20)17-7-5-9-19(13-17)18-8-4-6-16(12-18)14-21(2)3/h4-9,12-13,15H,10-11,14,20H2,1-3H3. The summed E-state index contributed by atoms with van der Waals surface area (Å²) in [4.78, 5) is 2.19. The topological polar surface area (TPSA) is 29.3 Å². The highest BCUT2D eigenvalue weighted by atomic mass is 15.0. The molecule has 0 aromatic heterocycles. The van der Waals surface area contributed by atoms with Gasteiger partial charge in [-0.1, -0.05) is 49.4 Å². The fraction of sp³-hybridized carbons (Fsp3) is 0.368. The van der Waals surface area contributed by atoms with Gasteiger partial charge in [-0.15, -0.1) is 0 Å². The van der Waals surface area contributed by atoms with Crippen molar-refractivity contribution in [3.63, 3.8) is 0 Å². The van der Waals surface area contributed by atoms with E-state index >= 15 is 0 Å². The van der Waals surface area contributed by atoms with Crippen LogP contribution in [0.2, 0.25) is 0 Å².